The molecule has 0 saturated heterocycles. The lowest BCUT2D eigenvalue weighted by molar-refractivity contribution is 0.0686. The van der Waals surface area contributed by atoms with E-state index in [-0.39, 0.29) is 23.6 Å². The second kappa shape index (κ2) is 5.43. The van der Waals surface area contributed by atoms with Crippen molar-refractivity contribution in [3.63, 3.8) is 0 Å². The summed E-state index contributed by atoms with van der Waals surface area (Å²) in [5, 5.41) is 12.4. The van der Waals surface area contributed by atoms with E-state index in [1.54, 1.807) is 0 Å². The minimum absolute atomic E-state index is 0.0825. The van der Waals surface area contributed by atoms with Gasteiger partial charge in [0.05, 0.1) is 0 Å². The van der Waals surface area contributed by atoms with E-state index in [9.17, 15) is 13.2 Å². The molecule has 0 fully saturated rings. The third kappa shape index (κ3) is 3.03. The van der Waals surface area contributed by atoms with Crippen LogP contribution in [-0.2, 0) is 23.5 Å². The number of aromatic carboxylic acids is 1. The Morgan fingerprint density at radius 3 is 2.85 bits per heavy atom. The minimum atomic E-state index is -3.77. The number of carbonyl (C=O) groups is 1. The molecule has 0 radical (unpaired) electrons. The van der Waals surface area contributed by atoms with Crippen LogP contribution in [0.25, 0.3) is 0 Å². The number of hydrogen-bond acceptors (Lipinski definition) is 6. The van der Waals surface area contributed by atoms with Crippen LogP contribution in [0.3, 0.4) is 0 Å². The molecule has 0 saturated carbocycles. The number of carboxylic acids is 1. The Morgan fingerprint density at radius 2 is 2.30 bits per heavy atom. The maximum atomic E-state index is 12.0. The molecular weight excluding hydrogens is 288 g/mol. The number of hydrogen-bond donors (Lipinski definition) is 2. The average Bonchev–Trinajstić information content (AvgIpc) is 2.98. The zero-order valence-corrected chi connectivity index (χ0v) is 11.3. The first-order valence-electron chi connectivity index (χ1n) is 5.55. The number of nitrogens with one attached hydrogen (secondary N) is 1. The summed E-state index contributed by atoms with van der Waals surface area (Å²) in [6.07, 6.45) is 2.66. The Hall–Kier alpha value is -2.20. The molecule has 0 unspecified atom stereocenters. The fraction of sp³-hybridized carbons (Fsp3) is 0.300. The first kappa shape index (κ1) is 14.2. The topological polar surface area (TPSA) is 127 Å². The van der Waals surface area contributed by atoms with Gasteiger partial charge >= 0.3 is 5.97 Å². The molecular formula is C10H12N4O5S. The summed E-state index contributed by atoms with van der Waals surface area (Å²) in [6.45, 7) is 0.0825. The normalized spacial score (nSPS) is 11.7. The number of carboxylic acid groups (broad SMARTS) is 1. The van der Waals surface area contributed by atoms with E-state index in [0.29, 0.717) is 5.82 Å². The molecule has 9 nitrogen and oxygen atoms in total. The van der Waals surface area contributed by atoms with Crippen LogP contribution in [0.1, 0.15) is 16.3 Å². The first-order chi connectivity index (χ1) is 9.40. The van der Waals surface area contributed by atoms with Gasteiger partial charge in [-0.05, 0) is 6.07 Å². The zero-order chi connectivity index (χ0) is 14.8. The van der Waals surface area contributed by atoms with Crippen molar-refractivity contribution in [1.29, 1.82) is 0 Å². The maximum absolute atomic E-state index is 12.0. The van der Waals surface area contributed by atoms with E-state index in [1.165, 1.54) is 17.8 Å². The van der Waals surface area contributed by atoms with Crippen molar-refractivity contribution in [2.24, 2.45) is 7.05 Å². The quantitative estimate of drug-likeness (QED) is 0.744. The first-order valence-corrected chi connectivity index (χ1v) is 7.03. The summed E-state index contributed by atoms with van der Waals surface area (Å²) in [7, 11) is -2.31. The largest absolute Gasteiger partial charge is 0.477 e. The summed E-state index contributed by atoms with van der Waals surface area (Å²) in [6, 6.07) is 1.10. The molecule has 2 heterocycles. The predicted octanol–water partition coefficient (Wildman–Crippen LogP) is -0.373. The van der Waals surface area contributed by atoms with E-state index in [1.807, 2.05) is 0 Å². The van der Waals surface area contributed by atoms with Gasteiger partial charge in [-0.1, -0.05) is 5.16 Å². The fourth-order valence-corrected chi connectivity index (χ4v) is 2.68. The van der Waals surface area contributed by atoms with Crippen molar-refractivity contribution < 1.29 is 22.8 Å². The van der Waals surface area contributed by atoms with Crippen LogP contribution < -0.4 is 4.72 Å². The molecule has 0 aliphatic rings. The number of sulfonamides is 1. The summed E-state index contributed by atoms with van der Waals surface area (Å²) in [4.78, 5) is 14.5. The third-order valence-corrected chi connectivity index (χ3v) is 3.98. The molecule has 0 aromatic carbocycles. The van der Waals surface area contributed by atoms with Crippen LogP contribution >= 0.6 is 0 Å². The lowest BCUT2D eigenvalue weighted by Crippen LogP contribution is -2.26. The van der Waals surface area contributed by atoms with Gasteiger partial charge in [0.2, 0.25) is 16.4 Å². The highest BCUT2D eigenvalue weighted by Crippen LogP contribution is 2.13. The van der Waals surface area contributed by atoms with E-state index >= 15 is 0 Å². The molecule has 10 heteroatoms. The minimum Gasteiger partial charge on any atom is -0.477 e. The van der Waals surface area contributed by atoms with Gasteiger partial charge in [-0.2, -0.15) is 4.98 Å². The van der Waals surface area contributed by atoms with Gasteiger partial charge in [0.1, 0.15) is 10.6 Å². The summed E-state index contributed by atoms with van der Waals surface area (Å²) < 4.78 is 32.0. The SMILES string of the molecule is Cn1cc(S(=O)(=O)NCCc2ncon2)cc1C(=O)O. The number of aromatic nitrogens is 3. The van der Waals surface area contributed by atoms with Crippen LogP contribution in [-0.4, -0.2) is 40.7 Å². The standard InChI is InChI=1S/C10H12N4O5S/c1-14-5-7(4-8(14)10(15)16)20(17,18)12-3-2-9-11-6-19-13-9/h4-6,12H,2-3H2,1H3,(H,15,16). The summed E-state index contributed by atoms with van der Waals surface area (Å²) in [5.74, 6) is -0.812. The van der Waals surface area contributed by atoms with Gasteiger partial charge in [0, 0.05) is 26.2 Å². The van der Waals surface area contributed by atoms with Crippen molar-refractivity contribution >= 4 is 16.0 Å². The molecule has 108 valence electrons. The monoisotopic (exact) mass is 300 g/mol. The van der Waals surface area contributed by atoms with Crippen LogP contribution in [0.15, 0.2) is 28.1 Å². The molecule has 0 amide bonds. The Bertz CT molecular complexity index is 704. The second-order valence-corrected chi connectivity index (χ2v) is 5.74. The number of aryl methyl sites for hydroxylation is 1. The highest BCUT2D eigenvalue weighted by molar-refractivity contribution is 7.89. The lowest BCUT2D eigenvalue weighted by Gasteiger charge is -2.02. The Balaban J connectivity index is 2.06. The maximum Gasteiger partial charge on any atom is 0.352 e. The highest BCUT2D eigenvalue weighted by Gasteiger charge is 2.19. The number of nitrogens with zero attached hydrogens (tertiary/aromatic N) is 3. The Labute approximate surface area is 114 Å². The van der Waals surface area contributed by atoms with Crippen molar-refractivity contribution in [3.05, 3.63) is 30.2 Å². The fourth-order valence-electron chi connectivity index (χ4n) is 1.58. The molecule has 2 aromatic rings. The predicted molar refractivity (Wildman–Crippen MR) is 65.6 cm³/mol. The van der Waals surface area contributed by atoms with Crippen molar-refractivity contribution in [1.82, 2.24) is 19.4 Å². The molecule has 2 aromatic heterocycles. The molecule has 0 spiro atoms. The van der Waals surface area contributed by atoms with Crippen molar-refractivity contribution in [2.75, 3.05) is 6.54 Å². The number of rotatable bonds is 6. The molecule has 0 bridgehead atoms. The average molecular weight is 300 g/mol. The molecule has 0 atom stereocenters. The van der Waals surface area contributed by atoms with Gasteiger partial charge < -0.3 is 14.2 Å². The van der Waals surface area contributed by atoms with Gasteiger partial charge in [-0.25, -0.2) is 17.9 Å². The van der Waals surface area contributed by atoms with Crippen molar-refractivity contribution in [2.45, 2.75) is 11.3 Å². The van der Waals surface area contributed by atoms with E-state index in [0.717, 1.165) is 12.5 Å². The molecule has 2 rings (SSSR count). The van der Waals surface area contributed by atoms with Crippen LogP contribution in [0, 0.1) is 0 Å². The van der Waals surface area contributed by atoms with Crippen molar-refractivity contribution in [3.8, 4) is 0 Å². The van der Waals surface area contributed by atoms with Gasteiger partial charge in [-0.15, -0.1) is 0 Å². The molecule has 0 aliphatic heterocycles. The van der Waals surface area contributed by atoms with Crippen LogP contribution in [0.4, 0.5) is 0 Å². The third-order valence-electron chi connectivity index (χ3n) is 2.56. The van der Waals surface area contributed by atoms with Crippen LogP contribution in [0.2, 0.25) is 0 Å². The summed E-state index contributed by atoms with van der Waals surface area (Å²) >= 11 is 0. The molecule has 20 heavy (non-hydrogen) atoms. The van der Waals surface area contributed by atoms with Crippen LogP contribution in [0.5, 0.6) is 0 Å². The highest BCUT2D eigenvalue weighted by atomic mass is 32.2. The van der Waals surface area contributed by atoms with E-state index < -0.39 is 16.0 Å². The molecule has 0 aliphatic carbocycles. The Morgan fingerprint density at radius 1 is 1.55 bits per heavy atom. The van der Waals surface area contributed by atoms with E-state index in [2.05, 4.69) is 19.4 Å². The summed E-state index contributed by atoms with van der Waals surface area (Å²) in [5.41, 5.74) is -0.108. The van der Waals surface area contributed by atoms with Gasteiger partial charge in [0.15, 0.2) is 5.82 Å². The lowest BCUT2D eigenvalue weighted by atomic mass is 10.4. The van der Waals surface area contributed by atoms with Gasteiger partial charge in [-0.3, -0.25) is 0 Å². The molecule has 2 N–H and O–H groups in total. The van der Waals surface area contributed by atoms with E-state index in [4.69, 9.17) is 5.11 Å². The Kier molecular flexibility index (Phi) is 3.86. The van der Waals surface area contributed by atoms with Gasteiger partial charge in [0.25, 0.3) is 0 Å². The second-order valence-electron chi connectivity index (χ2n) is 3.97. The zero-order valence-electron chi connectivity index (χ0n) is 10.5. The smallest absolute Gasteiger partial charge is 0.352 e.